The minimum absolute atomic E-state index is 0.436. The zero-order valence-electron chi connectivity index (χ0n) is 8.33. The van der Waals surface area contributed by atoms with Crippen LogP contribution in [0, 0.1) is 0 Å². The molecule has 0 amide bonds. The minimum atomic E-state index is 0.436. The van der Waals surface area contributed by atoms with Crippen LogP contribution in [-0.4, -0.2) is 16.7 Å². The Balaban J connectivity index is 2.64. The Morgan fingerprint density at radius 1 is 1.38 bits per heavy atom. The lowest BCUT2D eigenvalue weighted by Gasteiger charge is -2.16. The van der Waals surface area contributed by atoms with Crippen LogP contribution in [0.3, 0.4) is 0 Å². The van der Waals surface area contributed by atoms with Crippen LogP contribution in [0.2, 0.25) is 0 Å². The molecule has 13 heavy (non-hydrogen) atoms. The Hall–Kier alpha value is -0.960. The van der Waals surface area contributed by atoms with Gasteiger partial charge in [0.15, 0.2) is 0 Å². The van der Waals surface area contributed by atoms with E-state index < -0.39 is 0 Å². The summed E-state index contributed by atoms with van der Waals surface area (Å²) in [6.07, 6.45) is 5.91. The number of aromatic nitrogens is 2. The maximum Gasteiger partial charge on any atom is 0.0544 e. The highest BCUT2D eigenvalue weighted by molar-refractivity contribution is 5.11. The van der Waals surface area contributed by atoms with Crippen molar-refractivity contribution in [3.05, 3.63) is 24.0 Å². The molecule has 0 aliphatic carbocycles. The summed E-state index contributed by atoms with van der Waals surface area (Å²) >= 11 is 0. The SMILES string of the molecule is CCCC(NCC)c1ccnnc1. The molecule has 72 valence electrons. The first-order valence-electron chi connectivity index (χ1n) is 4.88. The van der Waals surface area contributed by atoms with Crippen LogP contribution in [0.1, 0.15) is 38.3 Å². The number of hydrogen-bond donors (Lipinski definition) is 1. The molecule has 0 saturated heterocycles. The van der Waals surface area contributed by atoms with E-state index in [2.05, 4.69) is 29.4 Å². The molecule has 0 spiro atoms. The van der Waals surface area contributed by atoms with Crippen molar-refractivity contribution in [3.63, 3.8) is 0 Å². The van der Waals surface area contributed by atoms with Gasteiger partial charge in [0.2, 0.25) is 0 Å². The van der Waals surface area contributed by atoms with Gasteiger partial charge in [-0.05, 0) is 24.6 Å². The number of hydrogen-bond acceptors (Lipinski definition) is 3. The summed E-state index contributed by atoms with van der Waals surface area (Å²) in [6, 6.07) is 2.46. The zero-order valence-corrected chi connectivity index (χ0v) is 8.33. The second kappa shape index (κ2) is 5.65. The first-order valence-corrected chi connectivity index (χ1v) is 4.88. The van der Waals surface area contributed by atoms with Gasteiger partial charge < -0.3 is 5.32 Å². The lowest BCUT2D eigenvalue weighted by atomic mass is 10.1. The average molecular weight is 179 g/mol. The van der Waals surface area contributed by atoms with Crippen LogP contribution >= 0.6 is 0 Å². The van der Waals surface area contributed by atoms with E-state index in [1.54, 1.807) is 6.20 Å². The third kappa shape index (κ3) is 3.11. The number of rotatable bonds is 5. The first kappa shape index (κ1) is 10.1. The lowest BCUT2D eigenvalue weighted by Crippen LogP contribution is -2.20. The zero-order chi connectivity index (χ0) is 9.52. The fourth-order valence-corrected chi connectivity index (χ4v) is 1.43. The number of nitrogens with one attached hydrogen (secondary N) is 1. The second-order valence-corrected chi connectivity index (χ2v) is 3.07. The van der Waals surface area contributed by atoms with Gasteiger partial charge in [0.05, 0.1) is 6.20 Å². The van der Waals surface area contributed by atoms with Crippen molar-refractivity contribution in [3.8, 4) is 0 Å². The van der Waals surface area contributed by atoms with Crippen LogP contribution in [0.15, 0.2) is 18.5 Å². The van der Waals surface area contributed by atoms with Gasteiger partial charge in [0.1, 0.15) is 0 Å². The molecule has 3 heteroatoms. The van der Waals surface area contributed by atoms with Crippen LogP contribution in [0.25, 0.3) is 0 Å². The summed E-state index contributed by atoms with van der Waals surface area (Å²) in [5, 5.41) is 11.1. The maximum absolute atomic E-state index is 3.88. The summed E-state index contributed by atoms with van der Waals surface area (Å²) in [5.41, 5.74) is 1.23. The van der Waals surface area contributed by atoms with Gasteiger partial charge in [0, 0.05) is 12.2 Å². The minimum Gasteiger partial charge on any atom is -0.310 e. The van der Waals surface area contributed by atoms with Crippen molar-refractivity contribution in [2.45, 2.75) is 32.7 Å². The van der Waals surface area contributed by atoms with Crippen LogP contribution in [-0.2, 0) is 0 Å². The van der Waals surface area contributed by atoms with E-state index in [9.17, 15) is 0 Å². The summed E-state index contributed by atoms with van der Waals surface area (Å²) in [5.74, 6) is 0. The standard InChI is InChI=1S/C10H17N3/c1-3-5-10(11-4-2)9-6-7-12-13-8-9/h6-8,10-11H,3-5H2,1-2H3. The topological polar surface area (TPSA) is 37.8 Å². The molecule has 0 aliphatic rings. The van der Waals surface area contributed by atoms with Gasteiger partial charge in [-0.25, -0.2) is 0 Å². The van der Waals surface area contributed by atoms with Gasteiger partial charge in [-0.1, -0.05) is 20.3 Å². The van der Waals surface area contributed by atoms with Gasteiger partial charge in [0.25, 0.3) is 0 Å². The van der Waals surface area contributed by atoms with E-state index >= 15 is 0 Å². The van der Waals surface area contributed by atoms with Crippen molar-refractivity contribution in [2.24, 2.45) is 0 Å². The molecule has 0 fully saturated rings. The molecule has 0 aromatic carbocycles. The van der Waals surface area contributed by atoms with E-state index in [-0.39, 0.29) is 0 Å². The molecule has 1 heterocycles. The quantitative estimate of drug-likeness (QED) is 0.750. The normalized spacial score (nSPS) is 12.8. The highest BCUT2D eigenvalue weighted by Crippen LogP contribution is 2.15. The third-order valence-electron chi connectivity index (χ3n) is 2.04. The molecule has 1 N–H and O–H groups in total. The van der Waals surface area contributed by atoms with Crippen LogP contribution < -0.4 is 5.32 Å². The number of nitrogens with zero attached hydrogens (tertiary/aromatic N) is 2. The molecule has 1 unspecified atom stereocenters. The Bertz CT molecular complexity index is 217. The molecule has 0 bridgehead atoms. The molecule has 3 nitrogen and oxygen atoms in total. The van der Waals surface area contributed by atoms with E-state index in [0.29, 0.717) is 6.04 Å². The van der Waals surface area contributed by atoms with Gasteiger partial charge >= 0.3 is 0 Å². The van der Waals surface area contributed by atoms with Crippen LogP contribution in [0.5, 0.6) is 0 Å². The van der Waals surface area contributed by atoms with E-state index in [1.165, 1.54) is 12.0 Å². The van der Waals surface area contributed by atoms with Gasteiger partial charge in [-0.15, -0.1) is 0 Å². The summed E-state index contributed by atoms with van der Waals surface area (Å²) in [7, 11) is 0. The average Bonchev–Trinajstić information content (AvgIpc) is 2.19. The molecule has 0 radical (unpaired) electrons. The molecule has 1 aromatic heterocycles. The summed E-state index contributed by atoms with van der Waals surface area (Å²) < 4.78 is 0. The lowest BCUT2D eigenvalue weighted by molar-refractivity contribution is 0.507. The Morgan fingerprint density at radius 3 is 2.77 bits per heavy atom. The van der Waals surface area contributed by atoms with Crippen molar-refractivity contribution in [2.75, 3.05) is 6.54 Å². The molecule has 0 saturated carbocycles. The smallest absolute Gasteiger partial charge is 0.0544 e. The van der Waals surface area contributed by atoms with Crippen LogP contribution in [0.4, 0.5) is 0 Å². The van der Waals surface area contributed by atoms with E-state index in [4.69, 9.17) is 0 Å². The molecule has 1 aromatic rings. The molecular weight excluding hydrogens is 162 g/mol. The highest BCUT2D eigenvalue weighted by atomic mass is 15.1. The van der Waals surface area contributed by atoms with Gasteiger partial charge in [-0.3, -0.25) is 0 Å². The molecule has 1 atom stereocenters. The monoisotopic (exact) mass is 179 g/mol. The highest BCUT2D eigenvalue weighted by Gasteiger charge is 2.07. The van der Waals surface area contributed by atoms with E-state index in [1.807, 2.05) is 12.3 Å². The fraction of sp³-hybridized carbons (Fsp3) is 0.600. The summed E-state index contributed by atoms with van der Waals surface area (Å²) in [6.45, 7) is 5.31. The fourth-order valence-electron chi connectivity index (χ4n) is 1.43. The second-order valence-electron chi connectivity index (χ2n) is 3.07. The molecule has 1 rings (SSSR count). The Kier molecular flexibility index (Phi) is 4.40. The van der Waals surface area contributed by atoms with Crippen molar-refractivity contribution < 1.29 is 0 Å². The van der Waals surface area contributed by atoms with Crippen molar-refractivity contribution in [1.82, 2.24) is 15.5 Å². The predicted octanol–water partition coefficient (Wildman–Crippen LogP) is 1.93. The summed E-state index contributed by atoms with van der Waals surface area (Å²) in [4.78, 5) is 0. The Labute approximate surface area is 79.6 Å². The van der Waals surface area contributed by atoms with Crippen molar-refractivity contribution >= 4 is 0 Å². The first-order chi connectivity index (χ1) is 6.38. The maximum atomic E-state index is 3.88. The van der Waals surface area contributed by atoms with Crippen molar-refractivity contribution in [1.29, 1.82) is 0 Å². The molecular formula is C10H17N3. The predicted molar refractivity (Wildman–Crippen MR) is 53.4 cm³/mol. The van der Waals surface area contributed by atoms with Gasteiger partial charge in [-0.2, -0.15) is 10.2 Å². The molecule has 0 aliphatic heterocycles. The largest absolute Gasteiger partial charge is 0.310 e. The third-order valence-corrected chi connectivity index (χ3v) is 2.04. The van der Waals surface area contributed by atoms with E-state index in [0.717, 1.165) is 13.0 Å². The Morgan fingerprint density at radius 2 is 2.23 bits per heavy atom.